The van der Waals surface area contributed by atoms with Crippen LogP contribution in [0.15, 0.2) is 21.9 Å². The van der Waals surface area contributed by atoms with Crippen LogP contribution in [-0.4, -0.2) is 22.1 Å². The van der Waals surface area contributed by atoms with Gasteiger partial charge >= 0.3 is 0 Å². The molecule has 0 heterocycles. The largest absolute Gasteiger partial charge is 0.383 e. The highest BCUT2D eigenvalue weighted by atomic mass is 16.3. The van der Waals surface area contributed by atoms with E-state index in [1.807, 2.05) is 6.92 Å². The molecule has 5 heteroatoms. The number of hydrogen-bond acceptors (Lipinski definition) is 5. The quantitative estimate of drug-likeness (QED) is 0.381. The van der Waals surface area contributed by atoms with Gasteiger partial charge in [-0.25, -0.2) is 0 Å². The summed E-state index contributed by atoms with van der Waals surface area (Å²) in [5, 5.41) is 19.4. The van der Waals surface area contributed by atoms with Crippen molar-refractivity contribution in [2.24, 2.45) is 50.5 Å². The highest BCUT2D eigenvalue weighted by Crippen LogP contribution is 2.67. The Labute approximate surface area is 157 Å². The normalized spacial score (nSPS) is 50.0. The van der Waals surface area contributed by atoms with Gasteiger partial charge in [-0.05, 0) is 87.5 Å². The van der Waals surface area contributed by atoms with E-state index in [4.69, 9.17) is 11.7 Å². The summed E-state index contributed by atoms with van der Waals surface area (Å²) in [6.07, 6.45) is 10.9. The molecule has 5 N–H and O–H groups in total. The van der Waals surface area contributed by atoms with Crippen LogP contribution in [0.3, 0.4) is 0 Å². The Balaban J connectivity index is 1.68. The summed E-state index contributed by atoms with van der Waals surface area (Å²) in [4.78, 5) is 0. The Morgan fingerprint density at radius 2 is 1.81 bits per heavy atom. The Bertz CT molecular complexity index is 698. The number of hydrogen-bond donors (Lipinski definition) is 3. The fraction of sp³-hybridized carbons (Fsp3) is 0.810. The Morgan fingerprint density at radius 3 is 2.50 bits per heavy atom. The van der Waals surface area contributed by atoms with Gasteiger partial charge in [0, 0.05) is 5.41 Å². The first-order valence-electron chi connectivity index (χ1n) is 10.3. The van der Waals surface area contributed by atoms with Crippen LogP contribution in [0.25, 0.3) is 0 Å². The molecule has 5 nitrogen and oxygen atoms in total. The van der Waals surface area contributed by atoms with Crippen molar-refractivity contribution in [3.05, 3.63) is 11.6 Å². The van der Waals surface area contributed by atoms with E-state index < -0.39 is 5.60 Å². The molecule has 0 aromatic rings. The summed E-state index contributed by atoms with van der Waals surface area (Å²) in [5.74, 6) is 13.1. The van der Waals surface area contributed by atoms with E-state index in [1.54, 1.807) is 5.57 Å². The second-order valence-corrected chi connectivity index (χ2v) is 9.69. The summed E-state index contributed by atoms with van der Waals surface area (Å²) in [6.45, 7) is 6.67. The fourth-order valence-electron chi connectivity index (χ4n) is 7.39. The number of nitrogens with zero attached hydrogens (tertiary/aromatic N) is 2. The van der Waals surface area contributed by atoms with Crippen molar-refractivity contribution in [2.75, 3.05) is 0 Å². The summed E-state index contributed by atoms with van der Waals surface area (Å²) < 4.78 is 0. The molecule has 3 fully saturated rings. The van der Waals surface area contributed by atoms with Gasteiger partial charge < -0.3 is 16.8 Å². The lowest BCUT2D eigenvalue weighted by atomic mass is 9.46. The van der Waals surface area contributed by atoms with Gasteiger partial charge in [0.05, 0.1) is 11.4 Å². The van der Waals surface area contributed by atoms with Gasteiger partial charge in [0.25, 0.3) is 0 Å². The molecule has 144 valence electrons. The first-order chi connectivity index (χ1) is 12.3. The van der Waals surface area contributed by atoms with E-state index in [-0.39, 0.29) is 10.8 Å². The summed E-state index contributed by atoms with van der Waals surface area (Å²) in [5.41, 5.74) is 2.67. The predicted molar refractivity (Wildman–Crippen MR) is 106 cm³/mol. The molecule has 3 saturated carbocycles. The van der Waals surface area contributed by atoms with Crippen molar-refractivity contribution in [3.8, 4) is 0 Å². The van der Waals surface area contributed by atoms with Crippen LogP contribution in [0.1, 0.15) is 72.1 Å². The number of fused-ring (bicyclic) bond motifs is 5. The Hall–Kier alpha value is -1.36. The van der Waals surface area contributed by atoms with E-state index in [9.17, 15) is 5.11 Å². The Kier molecular flexibility index (Phi) is 4.03. The van der Waals surface area contributed by atoms with Gasteiger partial charge in [0.15, 0.2) is 0 Å². The van der Waals surface area contributed by atoms with E-state index in [0.29, 0.717) is 23.5 Å². The molecule has 0 bridgehead atoms. The molecule has 4 aliphatic carbocycles. The third-order valence-corrected chi connectivity index (χ3v) is 9.09. The SMILES string of the molecule is C/C(=N/N)[C@@]1(O)CC[C@@H]2[C@@H]3CCC4=C/C(=N/N)CC[C@@]4(C)[C@@H]3CC[C@@]21C. The first-order valence-corrected chi connectivity index (χ1v) is 10.3. The molecule has 26 heavy (non-hydrogen) atoms. The maximum absolute atomic E-state index is 11.5. The molecule has 0 unspecified atom stereocenters. The van der Waals surface area contributed by atoms with Gasteiger partial charge in [-0.3, -0.25) is 0 Å². The Morgan fingerprint density at radius 1 is 1.08 bits per heavy atom. The van der Waals surface area contributed by atoms with Gasteiger partial charge in [0.1, 0.15) is 5.60 Å². The van der Waals surface area contributed by atoms with Crippen LogP contribution in [-0.2, 0) is 0 Å². The molecule has 6 atom stereocenters. The molecule has 0 aromatic carbocycles. The van der Waals surface area contributed by atoms with Gasteiger partial charge in [-0.1, -0.05) is 19.4 Å². The lowest BCUT2D eigenvalue weighted by Gasteiger charge is -2.59. The van der Waals surface area contributed by atoms with Crippen LogP contribution in [0.5, 0.6) is 0 Å². The minimum atomic E-state index is -0.833. The molecular weight excluding hydrogens is 324 g/mol. The summed E-state index contributed by atoms with van der Waals surface area (Å²) in [7, 11) is 0. The summed E-state index contributed by atoms with van der Waals surface area (Å²) >= 11 is 0. The van der Waals surface area contributed by atoms with E-state index >= 15 is 0 Å². The third kappa shape index (κ3) is 2.12. The second-order valence-electron chi connectivity index (χ2n) is 9.69. The fourth-order valence-corrected chi connectivity index (χ4v) is 7.39. The lowest BCUT2D eigenvalue weighted by Crippen LogP contribution is -2.57. The van der Waals surface area contributed by atoms with Crippen molar-refractivity contribution >= 4 is 11.4 Å². The van der Waals surface area contributed by atoms with Crippen molar-refractivity contribution in [3.63, 3.8) is 0 Å². The standard InChI is InChI=1S/C21H34N4O/c1-13(24-22)21(26)11-8-18-16-5-4-14-12-15(25-23)6-9-19(14,2)17(16)7-10-20(18,21)3/h12,16-18,26H,4-11,22-23H2,1-3H3/b24-13-,25-15+/t16-,17-,18-,19-,20+,21+/m1/s1. The number of hydrazone groups is 2. The smallest absolute Gasteiger partial charge is 0.110 e. The number of nitrogens with two attached hydrogens (primary N) is 2. The highest BCUT2D eigenvalue weighted by molar-refractivity contribution is 5.96. The van der Waals surface area contributed by atoms with Crippen molar-refractivity contribution < 1.29 is 5.11 Å². The maximum atomic E-state index is 11.5. The van der Waals surface area contributed by atoms with Crippen molar-refractivity contribution in [1.29, 1.82) is 0 Å². The van der Waals surface area contributed by atoms with Crippen LogP contribution < -0.4 is 11.7 Å². The van der Waals surface area contributed by atoms with Crippen molar-refractivity contribution in [2.45, 2.75) is 77.7 Å². The number of rotatable bonds is 1. The third-order valence-electron chi connectivity index (χ3n) is 9.09. The molecule has 0 aromatic heterocycles. The molecule has 0 saturated heterocycles. The van der Waals surface area contributed by atoms with Crippen LogP contribution >= 0.6 is 0 Å². The van der Waals surface area contributed by atoms with Gasteiger partial charge in [-0.15, -0.1) is 0 Å². The zero-order chi connectivity index (χ0) is 18.7. The minimum Gasteiger partial charge on any atom is -0.383 e. The molecule has 0 amide bonds. The molecule has 4 aliphatic rings. The topological polar surface area (TPSA) is 97.0 Å². The van der Waals surface area contributed by atoms with E-state index in [1.165, 1.54) is 12.8 Å². The zero-order valence-corrected chi connectivity index (χ0v) is 16.5. The first kappa shape index (κ1) is 18.0. The summed E-state index contributed by atoms with van der Waals surface area (Å²) in [6, 6.07) is 0. The van der Waals surface area contributed by atoms with Crippen LogP contribution in [0.4, 0.5) is 0 Å². The van der Waals surface area contributed by atoms with Gasteiger partial charge in [-0.2, -0.15) is 10.2 Å². The zero-order valence-electron chi connectivity index (χ0n) is 16.5. The number of aliphatic hydroxyl groups is 1. The molecule has 0 radical (unpaired) electrons. The monoisotopic (exact) mass is 358 g/mol. The maximum Gasteiger partial charge on any atom is 0.110 e. The average molecular weight is 359 g/mol. The molecule has 4 rings (SSSR count). The predicted octanol–water partition coefficient (Wildman–Crippen LogP) is 3.33. The number of allylic oxidation sites excluding steroid dienone is 2. The van der Waals surface area contributed by atoms with E-state index in [0.717, 1.165) is 44.2 Å². The van der Waals surface area contributed by atoms with Gasteiger partial charge in [0.2, 0.25) is 0 Å². The second kappa shape index (κ2) is 5.82. The highest BCUT2D eigenvalue weighted by Gasteiger charge is 2.64. The van der Waals surface area contributed by atoms with Crippen LogP contribution in [0, 0.1) is 28.6 Å². The lowest BCUT2D eigenvalue weighted by molar-refractivity contribution is -0.0945. The van der Waals surface area contributed by atoms with Crippen LogP contribution in [0.2, 0.25) is 0 Å². The molecule has 0 spiro atoms. The minimum absolute atomic E-state index is 0.1000. The van der Waals surface area contributed by atoms with Crippen molar-refractivity contribution in [1.82, 2.24) is 0 Å². The molecular formula is C21H34N4O. The average Bonchev–Trinajstić information content (AvgIpc) is 2.92. The van der Waals surface area contributed by atoms with E-state index in [2.05, 4.69) is 30.1 Å². The molecule has 0 aliphatic heterocycles.